The second-order valence-corrected chi connectivity index (χ2v) is 8.66. The van der Waals surface area contributed by atoms with Crippen molar-refractivity contribution >= 4 is 17.5 Å². The van der Waals surface area contributed by atoms with E-state index < -0.39 is 23.4 Å². The summed E-state index contributed by atoms with van der Waals surface area (Å²) in [5.74, 6) is 0.126. The van der Waals surface area contributed by atoms with Crippen molar-refractivity contribution in [2.45, 2.75) is 18.0 Å². The van der Waals surface area contributed by atoms with Gasteiger partial charge >= 0.3 is 0 Å². The van der Waals surface area contributed by atoms with Crippen molar-refractivity contribution in [3.8, 4) is 23.6 Å². The minimum absolute atomic E-state index is 0.153. The van der Waals surface area contributed by atoms with E-state index in [1.54, 1.807) is 44.6 Å². The first kappa shape index (κ1) is 22.3. The Balaban J connectivity index is 1.81. The van der Waals surface area contributed by atoms with E-state index in [2.05, 4.69) is 12.1 Å². The van der Waals surface area contributed by atoms with Crippen LogP contribution in [-0.2, 0) is 0 Å². The number of nitriles is 2. The van der Waals surface area contributed by atoms with E-state index in [9.17, 15) is 15.3 Å². The lowest BCUT2D eigenvalue weighted by Crippen LogP contribution is -2.44. The number of methoxy groups -OCH3 is 2. The van der Waals surface area contributed by atoms with Crippen molar-refractivity contribution < 1.29 is 14.3 Å². The first-order valence-electron chi connectivity index (χ1n) is 11.3. The van der Waals surface area contributed by atoms with Crippen LogP contribution < -0.4 is 14.4 Å². The van der Waals surface area contributed by atoms with Crippen LogP contribution in [0.1, 0.15) is 27.4 Å². The largest absolute Gasteiger partial charge is 0.497 e. The maximum absolute atomic E-state index is 14.2. The van der Waals surface area contributed by atoms with Gasteiger partial charge in [0.05, 0.1) is 32.4 Å². The van der Waals surface area contributed by atoms with Crippen molar-refractivity contribution in [2.24, 2.45) is 5.41 Å². The van der Waals surface area contributed by atoms with Gasteiger partial charge in [0.15, 0.2) is 11.2 Å². The maximum Gasteiger partial charge on any atom is 0.185 e. The number of para-hydroxylation sites is 1. The number of benzene rings is 3. The summed E-state index contributed by atoms with van der Waals surface area (Å²) in [6.07, 6.45) is 3.80. The van der Waals surface area contributed by atoms with E-state index in [1.807, 2.05) is 59.5 Å². The van der Waals surface area contributed by atoms with Gasteiger partial charge in [-0.3, -0.25) is 4.79 Å². The molecular weight excluding hydrogens is 438 g/mol. The van der Waals surface area contributed by atoms with Crippen molar-refractivity contribution in [3.05, 3.63) is 95.6 Å². The number of rotatable bonds is 5. The Morgan fingerprint density at radius 1 is 0.914 bits per heavy atom. The lowest BCUT2D eigenvalue weighted by atomic mass is 9.69. The minimum atomic E-state index is -1.53. The highest BCUT2D eigenvalue weighted by atomic mass is 16.5. The topological polar surface area (TPSA) is 86.3 Å². The summed E-state index contributed by atoms with van der Waals surface area (Å²) >= 11 is 0. The Kier molecular flexibility index (Phi) is 5.51. The van der Waals surface area contributed by atoms with Gasteiger partial charge in [-0.25, -0.2) is 0 Å². The molecule has 5 rings (SSSR count). The molecule has 3 unspecified atom stereocenters. The molecule has 0 aliphatic carbocycles. The summed E-state index contributed by atoms with van der Waals surface area (Å²) < 4.78 is 11.0. The van der Waals surface area contributed by atoms with Crippen LogP contribution in [0, 0.1) is 28.1 Å². The van der Waals surface area contributed by atoms with E-state index in [-0.39, 0.29) is 5.78 Å². The zero-order valence-corrected chi connectivity index (χ0v) is 19.4. The number of hydrogen-bond donors (Lipinski definition) is 0. The summed E-state index contributed by atoms with van der Waals surface area (Å²) in [5, 5.41) is 21.1. The van der Waals surface area contributed by atoms with Gasteiger partial charge in [-0.1, -0.05) is 60.7 Å². The fourth-order valence-corrected chi connectivity index (χ4v) is 5.39. The van der Waals surface area contributed by atoms with Crippen LogP contribution >= 0.6 is 0 Å². The average Bonchev–Trinajstić information content (AvgIpc) is 3.23. The molecule has 3 aromatic rings. The predicted molar refractivity (Wildman–Crippen MR) is 132 cm³/mol. The maximum atomic E-state index is 14.2. The van der Waals surface area contributed by atoms with Crippen molar-refractivity contribution in [1.29, 1.82) is 10.5 Å². The number of fused-ring (bicyclic) bond motifs is 3. The molecule has 35 heavy (non-hydrogen) atoms. The van der Waals surface area contributed by atoms with E-state index in [4.69, 9.17) is 9.47 Å². The Morgan fingerprint density at radius 2 is 1.54 bits per heavy atom. The highest BCUT2D eigenvalue weighted by molar-refractivity contribution is 6.04. The molecule has 6 nitrogen and oxygen atoms in total. The number of carbonyl (C=O) groups is 1. The van der Waals surface area contributed by atoms with Gasteiger partial charge in [0.2, 0.25) is 0 Å². The Hall–Kier alpha value is -4.55. The van der Waals surface area contributed by atoms with E-state index >= 15 is 0 Å². The summed E-state index contributed by atoms with van der Waals surface area (Å²) in [6.45, 7) is 0. The molecule has 0 amide bonds. The molecule has 0 aromatic heterocycles. The molecule has 3 aromatic carbocycles. The second-order valence-electron chi connectivity index (χ2n) is 8.66. The molecular formula is C29H23N3O3. The van der Waals surface area contributed by atoms with Gasteiger partial charge in [0.25, 0.3) is 0 Å². The number of anilines is 1. The fraction of sp³-hybridized carbons (Fsp3) is 0.207. The zero-order chi connectivity index (χ0) is 24.6. The monoisotopic (exact) mass is 461 g/mol. The summed E-state index contributed by atoms with van der Waals surface area (Å²) in [5.41, 5.74) is 1.38. The second kappa shape index (κ2) is 8.66. The molecule has 2 aliphatic rings. The highest BCUT2D eigenvalue weighted by Crippen LogP contribution is 2.56. The molecule has 2 heterocycles. The van der Waals surface area contributed by atoms with E-state index in [0.717, 1.165) is 11.3 Å². The Morgan fingerprint density at radius 3 is 2.17 bits per heavy atom. The molecule has 1 fully saturated rings. The fourth-order valence-electron chi connectivity index (χ4n) is 5.39. The van der Waals surface area contributed by atoms with Crippen molar-refractivity contribution in [3.63, 3.8) is 0 Å². The van der Waals surface area contributed by atoms with Crippen LogP contribution in [0.3, 0.4) is 0 Å². The highest BCUT2D eigenvalue weighted by Gasteiger charge is 2.63. The third-order valence-electron chi connectivity index (χ3n) is 6.98. The van der Waals surface area contributed by atoms with Gasteiger partial charge in [0, 0.05) is 23.2 Å². The minimum Gasteiger partial charge on any atom is -0.497 e. The third kappa shape index (κ3) is 3.34. The SMILES string of the molecule is COc1cc(OC)cc(C2C(C(=O)c3ccccc3)N3c4ccccc4C=CC3C2(C#N)C#N)c1. The van der Waals surface area contributed by atoms with Crippen LogP contribution in [0.2, 0.25) is 0 Å². The Labute approximate surface area is 204 Å². The van der Waals surface area contributed by atoms with Gasteiger partial charge in [-0.15, -0.1) is 0 Å². The molecule has 6 heteroatoms. The number of Topliss-reactive ketones (excluding diaryl/α,β-unsaturated/α-hetero) is 1. The van der Waals surface area contributed by atoms with Crippen LogP contribution in [0.15, 0.2) is 78.9 Å². The van der Waals surface area contributed by atoms with Gasteiger partial charge in [-0.05, 0) is 29.3 Å². The standard InChI is InChI=1S/C29H23N3O3/c1-34-22-14-21(15-23(16-22)35-2)26-27(28(33)20-9-4-3-5-10-20)32-24-11-7-6-8-19(24)12-13-25(32)29(26,17-30)18-31/h3-16,25-27H,1-2H3. The van der Waals surface area contributed by atoms with Crippen LogP contribution in [0.25, 0.3) is 6.08 Å². The van der Waals surface area contributed by atoms with Gasteiger partial charge < -0.3 is 14.4 Å². The van der Waals surface area contributed by atoms with Crippen LogP contribution in [-0.4, -0.2) is 32.1 Å². The molecule has 1 saturated heterocycles. The summed E-state index contributed by atoms with van der Waals surface area (Å²) in [6, 6.07) is 25.3. The molecule has 3 atom stereocenters. The zero-order valence-electron chi connectivity index (χ0n) is 19.4. The first-order valence-corrected chi connectivity index (χ1v) is 11.3. The number of nitrogens with zero attached hydrogens (tertiary/aromatic N) is 3. The Bertz CT molecular complexity index is 1360. The number of ketones is 1. The number of ether oxygens (including phenoxy) is 2. The van der Waals surface area contributed by atoms with E-state index in [1.165, 1.54) is 0 Å². The first-order chi connectivity index (χ1) is 17.1. The van der Waals surface area contributed by atoms with Crippen molar-refractivity contribution in [2.75, 3.05) is 19.1 Å². The normalized spacial score (nSPS) is 21.3. The molecule has 0 N–H and O–H groups in total. The lowest BCUT2D eigenvalue weighted by molar-refractivity contribution is 0.0950. The predicted octanol–water partition coefficient (Wildman–Crippen LogP) is 4.99. The summed E-state index contributed by atoms with van der Waals surface area (Å²) in [7, 11) is 3.09. The lowest BCUT2D eigenvalue weighted by Gasteiger charge is -2.35. The molecule has 0 saturated carbocycles. The molecule has 172 valence electrons. The average molecular weight is 462 g/mol. The molecule has 0 radical (unpaired) electrons. The number of hydrogen-bond acceptors (Lipinski definition) is 6. The smallest absolute Gasteiger partial charge is 0.185 e. The third-order valence-corrected chi connectivity index (χ3v) is 6.98. The molecule has 0 bridgehead atoms. The summed E-state index contributed by atoms with van der Waals surface area (Å²) in [4.78, 5) is 16.1. The number of carbonyl (C=O) groups excluding carboxylic acids is 1. The van der Waals surface area contributed by atoms with Gasteiger partial charge in [-0.2, -0.15) is 10.5 Å². The van der Waals surface area contributed by atoms with E-state index in [0.29, 0.717) is 22.6 Å². The van der Waals surface area contributed by atoms with Crippen LogP contribution in [0.4, 0.5) is 5.69 Å². The molecule has 2 aliphatic heterocycles. The van der Waals surface area contributed by atoms with Crippen LogP contribution in [0.5, 0.6) is 11.5 Å². The molecule has 0 spiro atoms. The van der Waals surface area contributed by atoms with Gasteiger partial charge in [0.1, 0.15) is 17.5 Å². The quantitative estimate of drug-likeness (QED) is 0.498. The van der Waals surface area contributed by atoms with Crippen molar-refractivity contribution in [1.82, 2.24) is 0 Å².